The van der Waals surface area contributed by atoms with Crippen molar-refractivity contribution in [2.24, 2.45) is 0 Å². The fraction of sp³-hybridized carbons (Fsp3) is 0.250. The van der Waals surface area contributed by atoms with E-state index < -0.39 is 0 Å². The fourth-order valence-corrected chi connectivity index (χ4v) is 1.34. The molecule has 0 N–H and O–H groups in total. The van der Waals surface area contributed by atoms with Crippen LogP contribution in [0.1, 0.15) is 19.9 Å². The summed E-state index contributed by atoms with van der Waals surface area (Å²) in [6.07, 6.45) is 3.96. The molecule has 0 amide bonds. The molecule has 1 heterocycles. The van der Waals surface area contributed by atoms with Crippen molar-refractivity contribution in [2.45, 2.75) is 19.9 Å². The van der Waals surface area contributed by atoms with Crippen LogP contribution in [0.5, 0.6) is 0 Å². The maximum absolute atomic E-state index is 4.29. The highest BCUT2D eigenvalue weighted by Gasteiger charge is 2.02. The molecule has 0 aliphatic heterocycles. The average Bonchev–Trinajstić information content (AvgIpc) is 2.68. The molecule has 0 unspecified atom stereocenters. The molecule has 2 heteroatoms. The van der Waals surface area contributed by atoms with Crippen LogP contribution in [-0.4, -0.2) is 9.78 Å². The van der Waals surface area contributed by atoms with Gasteiger partial charge in [0.05, 0.1) is 6.20 Å². The van der Waals surface area contributed by atoms with Crippen molar-refractivity contribution in [3.63, 3.8) is 0 Å². The fourth-order valence-electron chi connectivity index (χ4n) is 1.34. The zero-order valence-corrected chi connectivity index (χ0v) is 8.44. The quantitative estimate of drug-likeness (QED) is 0.703. The first-order chi connectivity index (χ1) is 6.77. The van der Waals surface area contributed by atoms with Crippen molar-refractivity contribution < 1.29 is 0 Å². The Morgan fingerprint density at radius 1 is 1.36 bits per heavy atom. The van der Waals surface area contributed by atoms with Gasteiger partial charge in [0.25, 0.3) is 0 Å². The molecule has 0 saturated carbocycles. The lowest BCUT2D eigenvalue weighted by atomic mass is 10.1. The smallest absolute Gasteiger partial charge is 0.0568 e. The molecule has 1 radical (unpaired) electrons. The Morgan fingerprint density at radius 2 is 2.21 bits per heavy atom. The summed E-state index contributed by atoms with van der Waals surface area (Å²) in [4.78, 5) is 0. The molecule has 0 aliphatic rings. The second kappa shape index (κ2) is 3.66. The minimum Gasteiger partial charge on any atom is -0.270 e. The predicted octanol–water partition coefficient (Wildman–Crippen LogP) is 2.93. The van der Waals surface area contributed by atoms with Gasteiger partial charge >= 0.3 is 0 Å². The van der Waals surface area contributed by atoms with E-state index in [1.807, 2.05) is 29.1 Å². The van der Waals surface area contributed by atoms with E-state index in [0.717, 1.165) is 5.56 Å². The molecule has 2 aromatic rings. The summed E-state index contributed by atoms with van der Waals surface area (Å²) in [5.74, 6) is 0. The van der Waals surface area contributed by atoms with Crippen LogP contribution >= 0.6 is 0 Å². The lowest BCUT2D eigenvalue weighted by Gasteiger charge is -2.02. The zero-order chi connectivity index (χ0) is 9.97. The van der Waals surface area contributed by atoms with E-state index in [1.165, 1.54) is 5.56 Å². The third-order valence-electron chi connectivity index (χ3n) is 2.17. The molecule has 1 aromatic heterocycles. The van der Waals surface area contributed by atoms with Crippen LogP contribution in [-0.2, 0) is 0 Å². The second-order valence-corrected chi connectivity index (χ2v) is 3.59. The molecule has 0 atom stereocenters. The number of hydrogen-bond donors (Lipinski definition) is 0. The minimum atomic E-state index is 0.413. The van der Waals surface area contributed by atoms with E-state index >= 15 is 0 Å². The largest absolute Gasteiger partial charge is 0.270 e. The van der Waals surface area contributed by atoms with Crippen LogP contribution < -0.4 is 0 Å². The van der Waals surface area contributed by atoms with Crippen LogP contribution in [0.2, 0.25) is 0 Å². The number of aromatic nitrogens is 2. The molecular weight excluding hydrogens is 172 g/mol. The van der Waals surface area contributed by atoms with Gasteiger partial charge in [-0.2, -0.15) is 5.10 Å². The van der Waals surface area contributed by atoms with Gasteiger partial charge in [0.2, 0.25) is 0 Å². The van der Waals surface area contributed by atoms with Gasteiger partial charge in [0, 0.05) is 17.8 Å². The average molecular weight is 185 g/mol. The molecule has 2 rings (SSSR count). The first-order valence-electron chi connectivity index (χ1n) is 4.78. The first-order valence-corrected chi connectivity index (χ1v) is 4.78. The predicted molar refractivity (Wildman–Crippen MR) is 56.9 cm³/mol. The van der Waals surface area contributed by atoms with Crippen molar-refractivity contribution in [3.05, 3.63) is 42.7 Å². The molecule has 0 spiro atoms. The van der Waals surface area contributed by atoms with Crippen LogP contribution in [0, 0.1) is 6.07 Å². The van der Waals surface area contributed by atoms with E-state index in [9.17, 15) is 0 Å². The van der Waals surface area contributed by atoms with Crippen LogP contribution in [0.25, 0.3) is 11.1 Å². The van der Waals surface area contributed by atoms with Gasteiger partial charge in [-0.1, -0.05) is 18.2 Å². The van der Waals surface area contributed by atoms with Crippen molar-refractivity contribution in [1.82, 2.24) is 9.78 Å². The van der Waals surface area contributed by atoms with Gasteiger partial charge in [-0.15, -0.1) is 0 Å². The number of benzene rings is 1. The highest BCUT2D eigenvalue weighted by molar-refractivity contribution is 5.61. The standard InChI is InChI=1S/C12H13N2/c1-10(2)14-9-12(8-13-14)11-6-4-3-5-7-11/h3-4,6-10H,1-2H3. The van der Waals surface area contributed by atoms with E-state index in [1.54, 1.807) is 0 Å². The summed E-state index contributed by atoms with van der Waals surface area (Å²) in [6, 6.07) is 11.4. The van der Waals surface area contributed by atoms with Gasteiger partial charge in [-0.3, -0.25) is 4.68 Å². The molecule has 71 valence electrons. The van der Waals surface area contributed by atoms with Crippen LogP contribution in [0.4, 0.5) is 0 Å². The maximum atomic E-state index is 4.29. The number of hydrogen-bond acceptors (Lipinski definition) is 1. The lowest BCUT2D eigenvalue weighted by Crippen LogP contribution is -1.99. The number of rotatable bonds is 2. The molecule has 1 aromatic carbocycles. The summed E-state index contributed by atoms with van der Waals surface area (Å²) in [5.41, 5.74) is 2.31. The topological polar surface area (TPSA) is 17.8 Å². The molecule has 0 aliphatic carbocycles. The van der Waals surface area contributed by atoms with Crippen molar-refractivity contribution in [1.29, 1.82) is 0 Å². The van der Waals surface area contributed by atoms with Crippen molar-refractivity contribution in [3.8, 4) is 11.1 Å². The Balaban J connectivity index is 2.34. The van der Waals surface area contributed by atoms with Crippen molar-refractivity contribution >= 4 is 0 Å². The summed E-state index contributed by atoms with van der Waals surface area (Å²) >= 11 is 0. The Hall–Kier alpha value is -1.57. The van der Waals surface area contributed by atoms with E-state index in [-0.39, 0.29) is 0 Å². The van der Waals surface area contributed by atoms with Crippen molar-refractivity contribution in [2.75, 3.05) is 0 Å². The normalized spacial score (nSPS) is 10.8. The lowest BCUT2D eigenvalue weighted by molar-refractivity contribution is 0.532. The Bertz CT molecular complexity index is 401. The Morgan fingerprint density at radius 3 is 2.79 bits per heavy atom. The monoisotopic (exact) mass is 185 g/mol. The van der Waals surface area contributed by atoms with E-state index in [2.05, 4.69) is 37.3 Å². The summed E-state index contributed by atoms with van der Waals surface area (Å²) in [5, 5.41) is 4.29. The first kappa shape index (κ1) is 9.00. The van der Waals surface area contributed by atoms with E-state index in [0.29, 0.717) is 6.04 Å². The zero-order valence-electron chi connectivity index (χ0n) is 8.44. The molecular formula is C12H13N2. The van der Waals surface area contributed by atoms with E-state index in [4.69, 9.17) is 0 Å². The third kappa shape index (κ3) is 1.69. The van der Waals surface area contributed by atoms with Gasteiger partial charge in [0.15, 0.2) is 0 Å². The van der Waals surface area contributed by atoms with Gasteiger partial charge in [-0.25, -0.2) is 0 Å². The molecule has 0 fully saturated rings. The Kier molecular flexibility index (Phi) is 2.35. The highest BCUT2D eigenvalue weighted by atomic mass is 15.3. The number of nitrogens with zero attached hydrogens (tertiary/aromatic N) is 2. The molecule has 0 saturated heterocycles. The molecule has 14 heavy (non-hydrogen) atoms. The van der Waals surface area contributed by atoms with Gasteiger partial charge in [-0.05, 0) is 31.5 Å². The highest BCUT2D eigenvalue weighted by Crippen LogP contribution is 2.18. The minimum absolute atomic E-state index is 0.413. The summed E-state index contributed by atoms with van der Waals surface area (Å²) in [6.45, 7) is 4.24. The SMILES string of the molecule is CC(C)n1cc(-c2c[c]ccc2)cn1. The third-order valence-corrected chi connectivity index (χ3v) is 2.17. The second-order valence-electron chi connectivity index (χ2n) is 3.59. The molecule has 0 bridgehead atoms. The molecule has 2 nitrogen and oxygen atoms in total. The Labute approximate surface area is 84.2 Å². The maximum Gasteiger partial charge on any atom is 0.0568 e. The van der Waals surface area contributed by atoms with Gasteiger partial charge < -0.3 is 0 Å². The summed E-state index contributed by atoms with van der Waals surface area (Å²) in [7, 11) is 0. The van der Waals surface area contributed by atoms with Crippen LogP contribution in [0.3, 0.4) is 0 Å². The summed E-state index contributed by atoms with van der Waals surface area (Å²) < 4.78 is 1.96. The van der Waals surface area contributed by atoms with Crippen LogP contribution in [0.15, 0.2) is 36.7 Å². The van der Waals surface area contributed by atoms with Gasteiger partial charge in [0.1, 0.15) is 0 Å².